The molecule has 0 aliphatic carbocycles. The molecule has 0 saturated heterocycles. The number of amides is 1. The number of hydrogen-bond donors (Lipinski definition) is 1. The summed E-state index contributed by atoms with van der Waals surface area (Å²) < 4.78 is 29.0. The van der Waals surface area contributed by atoms with E-state index in [1.54, 1.807) is 36.4 Å². The van der Waals surface area contributed by atoms with Crippen LogP contribution in [0.25, 0.3) is 0 Å². The van der Waals surface area contributed by atoms with E-state index < -0.39 is 24.1 Å². The summed E-state index contributed by atoms with van der Waals surface area (Å²) in [6, 6.07) is 12.7. The van der Waals surface area contributed by atoms with Crippen molar-refractivity contribution in [2.45, 2.75) is 25.7 Å². The second-order valence-corrected chi connectivity index (χ2v) is 5.79. The van der Waals surface area contributed by atoms with Crippen molar-refractivity contribution in [3.05, 3.63) is 59.9 Å². The minimum absolute atomic E-state index is 0.0137. The average Bonchev–Trinajstić information content (AvgIpc) is 2.66. The van der Waals surface area contributed by atoms with E-state index in [-0.39, 0.29) is 19.0 Å². The third kappa shape index (κ3) is 4.30. The van der Waals surface area contributed by atoms with E-state index >= 15 is 0 Å². The van der Waals surface area contributed by atoms with E-state index in [0.717, 1.165) is 5.56 Å². The van der Waals surface area contributed by atoms with Crippen LogP contribution in [0.5, 0.6) is 11.5 Å². The minimum atomic E-state index is -0.997. The quantitative estimate of drug-likeness (QED) is 0.829. The molecule has 136 valence electrons. The van der Waals surface area contributed by atoms with E-state index in [4.69, 9.17) is 14.2 Å². The lowest BCUT2D eigenvalue weighted by Gasteiger charge is -2.25. The van der Waals surface area contributed by atoms with Crippen molar-refractivity contribution in [3.8, 4) is 11.5 Å². The second-order valence-electron chi connectivity index (χ2n) is 5.79. The molecule has 7 heteroatoms. The Hall–Kier alpha value is -3.09. The van der Waals surface area contributed by atoms with Crippen molar-refractivity contribution in [2.75, 3.05) is 6.61 Å². The summed E-state index contributed by atoms with van der Waals surface area (Å²) >= 11 is 0. The van der Waals surface area contributed by atoms with Crippen molar-refractivity contribution < 1.29 is 28.2 Å². The standard InChI is InChI=1S/C19H18FNO5/c1-12(18(22)21-10-13-6-8-14(20)9-7-13)25-19(23)17-11-24-15-4-2-3-5-16(15)26-17/h2-9,12,17H,10-11H2,1H3,(H,21,22)/t12-,17+/m0/s1. The molecule has 1 N–H and O–H groups in total. The van der Waals surface area contributed by atoms with Gasteiger partial charge in [-0.2, -0.15) is 0 Å². The Balaban J connectivity index is 1.49. The molecule has 2 aromatic carbocycles. The van der Waals surface area contributed by atoms with Gasteiger partial charge in [0.05, 0.1) is 0 Å². The second kappa shape index (κ2) is 7.86. The largest absolute Gasteiger partial charge is 0.485 e. The minimum Gasteiger partial charge on any atom is -0.485 e. The molecule has 0 radical (unpaired) electrons. The van der Waals surface area contributed by atoms with Gasteiger partial charge in [0.1, 0.15) is 12.4 Å². The first kappa shape index (κ1) is 17.7. The molecular weight excluding hydrogens is 341 g/mol. The maximum Gasteiger partial charge on any atom is 0.351 e. The van der Waals surface area contributed by atoms with E-state index in [1.807, 2.05) is 0 Å². The van der Waals surface area contributed by atoms with Crippen molar-refractivity contribution in [1.29, 1.82) is 0 Å². The van der Waals surface area contributed by atoms with Gasteiger partial charge >= 0.3 is 5.97 Å². The molecule has 1 heterocycles. The van der Waals surface area contributed by atoms with Gasteiger partial charge < -0.3 is 19.5 Å². The molecule has 0 aromatic heterocycles. The number of halogens is 1. The van der Waals surface area contributed by atoms with Crippen LogP contribution >= 0.6 is 0 Å². The fourth-order valence-corrected chi connectivity index (χ4v) is 2.37. The van der Waals surface area contributed by atoms with E-state index in [1.165, 1.54) is 19.1 Å². The molecule has 26 heavy (non-hydrogen) atoms. The van der Waals surface area contributed by atoms with Crippen LogP contribution in [-0.2, 0) is 20.9 Å². The smallest absolute Gasteiger partial charge is 0.351 e. The van der Waals surface area contributed by atoms with Gasteiger partial charge in [-0.3, -0.25) is 4.79 Å². The van der Waals surface area contributed by atoms with Crippen molar-refractivity contribution in [1.82, 2.24) is 5.32 Å². The molecule has 2 aromatic rings. The normalized spacial score (nSPS) is 16.5. The van der Waals surface area contributed by atoms with Crippen LogP contribution in [0.2, 0.25) is 0 Å². The maximum atomic E-state index is 12.9. The van der Waals surface area contributed by atoms with Crippen molar-refractivity contribution in [3.63, 3.8) is 0 Å². The summed E-state index contributed by atoms with van der Waals surface area (Å²) in [5, 5.41) is 2.63. The summed E-state index contributed by atoms with van der Waals surface area (Å²) in [5.41, 5.74) is 0.735. The predicted molar refractivity (Wildman–Crippen MR) is 90.2 cm³/mol. The SMILES string of the molecule is C[C@H](OC(=O)[C@H]1COc2ccccc2O1)C(=O)NCc1ccc(F)cc1. The molecule has 0 bridgehead atoms. The van der Waals surface area contributed by atoms with Crippen LogP contribution < -0.4 is 14.8 Å². The zero-order valence-electron chi connectivity index (χ0n) is 14.1. The lowest BCUT2D eigenvalue weighted by atomic mass is 10.2. The monoisotopic (exact) mass is 359 g/mol. The number of esters is 1. The lowest BCUT2D eigenvalue weighted by molar-refractivity contribution is -0.163. The number of benzene rings is 2. The number of carbonyl (C=O) groups is 2. The van der Waals surface area contributed by atoms with Gasteiger partial charge in [-0.05, 0) is 36.8 Å². The number of ether oxygens (including phenoxy) is 3. The van der Waals surface area contributed by atoms with E-state index in [9.17, 15) is 14.0 Å². The molecule has 1 amide bonds. The molecule has 0 unspecified atom stereocenters. The first-order valence-corrected chi connectivity index (χ1v) is 8.14. The molecule has 0 saturated carbocycles. The van der Waals surface area contributed by atoms with Crippen LogP contribution in [-0.4, -0.2) is 30.7 Å². The Bertz CT molecular complexity index is 793. The number of nitrogens with one attached hydrogen (secondary N) is 1. The molecule has 6 nitrogen and oxygen atoms in total. The molecule has 0 fully saturated rings. The zero-order chi connectivity index (χ0) is 18.5. The Kier molecular flexibility index (Phi) is 5.36. The van der Waals surface area contributed by atoms with Gasteiger partial charge in [-0.25, -0.2) is 9.18 Å². The third-order valence-corrected chi connectivity index (χ3v) is 3.81. The highest BCUT2D eigenvalue weighted by Gasteiger charge is 2.31. The van der Waals surface area contributed by atoms with Crippen LogP contribution in [0.15, 0.2) is 48.5 Å². The highest BCUT2D eigenvalue weighted by Crippen LogP contribution is 2.31. The summed E-state index contributed by atoms with van der Waals surface area (Å²) in [4.78, 5) is 24.3. The number of para-hydroxylation sites is 2. The summed E-state index contributed by atoms with van der Waals surface area (Å²) in [6.07, 6.45) is -1.93. The molecule has 1 aliphatic rings. The summed E-state index contributed by atoms with van der Waals surface area (Å²) in [5.74, 6) is -0.474. The van der Waals surface area contributed by atoms with E-state index in [0.29, 0.717) is 11.5 Å². The van der Waals surface area contributed by atoms with Crippen molar-refractivity contribution >= 4 is 11.9 Å². The van der Waals surface area contributed by atoms with Crippen LogP contribution in [0, 0.1) is 5.82 Å². The lowest BCUT2D eigenvalue weighted by Crippen LogP contribution is -2.42. The number of fused-ring (bicyclic) bond motifs is 1. The highest BCUT2D eigenvalue weighted by atomic mass is 19.1. The van der Waals surface area contributed by atoms with Crippen molar-refractivity contribution in [2.24, 2.45) is 0 Å². The Morgan fingerprint density at radius 1 is 1.19 bits per heavy atom. The predicted octanol–water partition coefficient (Wildman–Crippen LogP) is 2.21. The Morgan fingerprint density at radius 3 is 2.62 bits per heavy atom. The molecule has 3 rings (SSSR count). The number of carbonyl (C=O) groups excluding carboxylic acids is 2. The topological polar surface area (TPSA) is 73.9 Å². The summed E-state index contributed by atoms with van der Waals surface area (Å²) in [6.45, 7) is 1.69. The van der Waals surface area contributed by atoms with Gasteiger partial charge in [0.2, 0.25) is 6.10 Å². The Morgan fingerprint density at radius 2 is 1.88 bits per heavy atom. The first-order valence-electron chi connectivity index (χ1n) is 8.14. The number of rotatable bonds is 5. The van der Waals surface area contributed by atoms with Gasteiger partial charge in [-0.15, -0.1) is 0 Å². The van der Waals surface area contributed by atoms with Crippen LogP contribution in [0.3, 0.4) is 0 Å². The van der Waals surface area contributed by atoms with Gasteiger partial charge in [0, 0.05) is 6.54 Å². The van der Waals surface area contributed by atoms with E-state index in [2.05, 4.69) is 5.32 Å². The zero-order valence-corrected chi connectivity index (χ0v) is 14.1. The highest BCUT2D eigenvalue weighted by molar-refractivity contribution is 5.84. The molecule has 2 atom stereocenters. The average molecular weight is 359 g/mol. The van der Waals surface area contributed by atoms with Crippen LogP contribution in [0.1, 0.15) is 12.5 Å². The first-order chi connectivity index (χ1) is 12.5. The fraction of sp³-hybridized carbons (Fsp3) is 0.263. The Labute approximate surface area is 149 Å². The van der Waals surface area contributed by atoms with Gasteiger partial charge in [0.15, 0.2) is 17.6 Å². The summed E-state index contributed by atoms with van der Waals surface area (Å²) in [7, 11) is 0. The number of hydrogen-bond acceptors (Lipinski definition) is 5. The van der Waals surface area contributed by atoms with Crippen LogP contribution in [0.4, 0.5) is 4.39 Å². The molecule has 1 aliphatic heterocycles. The fourth-order valence-electron chi connectivity index (χ4n) is 2.37. The third-order valence-electron chi connectivity index (χ3n) is 3.81. The van der Waals surface area contributed by atoms with Gasteiger partial charge in [0.25, 0.3) is 5.91 Å². The molecular formula is C19H18FNO5. The van der Waals surface area contributed by atoms with Gasteiger partial charge in [-0.1, -0.05) is 24.3 Å². The maximum absolute atomic E-state index is 12.9. The molecule has 0 spiro atoms.